The molecule has 0 aliphatic carbocycles. The SMILES string of the molecule is CC(C)N1CCC(NC(=O)c2ccccc2C(=O)c2ccc(F)cc2)CC1. The number of benzene rings is 2. The quantitative estimate of drug-likeness (QED) is 0.820. The Kier molecular flexibility index (Phi) is 6.01. The number of nitrogens with zero attached hydrogens (tertiary/aromatic N) is 1. The average molecular weight is 368 g/mol. The number of piperidine rings is 1. The van der Waals surface area contributed by atoms with E-state index in [4.69, 9.17) is 0 Å². The number of carbonyl (C=O) groups excluding carboxylic acids is 2. The Bertz CT molecular complexity index is 809. The zero-order valence-corrected chi connectivity index (χ0v) is 15.7. The molecule has 1 saturated heterocycles. The number of rotatable bonds is 5. The van der Waals surface area contributed by atoms with Gasteiger partial charge >= 0.3 is 0 Å². The van der Waals surface area contributed by atoms with Gasteiger partial charge in [0.1, 0.15) is 5.82 Å². The van der Waals surface area contributed by atoms with Gasteiger partial charge in [-0.1, -0.05) is 18.2 Å². The van der Waals surface area contributed by atoms with Crippen molar-refractivity contribution >= 4 is 11.7 Å². The van der Waals surface area contributed by atoms with E-state index in [9.17, 15) is 14.0 Å². The summed E-state index contributed by atoms with van der Waals surface area (Å²) in [6.07, 6.45) is 1.80. The standard InChI is InChI=1S/C22H25FN2O2/c1-15(2)25-13-11-18(12-14-25)24-22(27)20-6-4-3-5-19(20)21(26)16-7-9-17(23)10-8-16/h3-10,15,18H,11-14H2,1-2H3,(H,24,27). The smallest absolute Gasteiger partial charge is 0.252 e. The molecule has 2 aromatic carbocycles. The van der Waals surface area contributed by atoms with Crippen LogP contribution >= 0.6 is 0 Å². The third kappa shape index (κ3) is 4.61. The fraction of sp³-hybridized carbons (Fsp3) is 0.364. The molecule has 1 amide bonds. The maximum absolute atomic E-state index is 13.1. The van der Waals surface area contributed by atoms with Gasteiger partial charge < -0.3 is 10.2 Å². The van der Waals surface area contributed by atoms with E-state index in [-0.39, 0.29) is 17.7 Å². The summed E-state index contributed by atoms with van der Waals surface area (Å²) in [5, 5.41) is 3.07. The molecule has 1 fully saturated rings. The summed E-state index contributed by atoms with van der Waals surface area (Å²) < 4.78 is 13.1. The van der Waals surface area contributed by atoms with Gasteiger partial charge in [0, 0.05) is 36.3 Å². The predicted molar refractivity (Wildman–Crippen MR) is 103 cm³/mol. The van der Waals surface area contributed by atoms with Crippen LogP contribution in [-0.2, 0) is 0 Å². The van der Waals surface area contributed by atoms with Gasteiger partial charge in [-0.05, 0) is 57.0 Å². The molecule has 1 heterocycles. The van der Waals surface area contributed by atoms with Gasteiger partial charge in [-0.25, -0.2) is 4.39 Å². The fourth-order valence-corrected chi connectivity index (χ4v) is 3.46. The van der Waals surface area contributed by atoms with Gasteiger partial charge in [0.05, 0.1) is 5.56 Å². The van der Waals surface area contributed by atoms with Crippen LogP contribution in [-0.4, -0.2) is 41.8 Å². The Labute approximate surface area is 159 Å². The molecular formula is C22H25FN2O2. The number of ketones is 1. The minimum absolute atomic E-state index is 0.112. The Morgan fingerprint density at radius 3 is 2.19 bits per heavy atom. The number of nitrogens with one attached hydrogen (secondary N) is 1. The zero-order valence-electron chi connectivity index (χ0n) is 15.7. The monoisotopic (exact) mass is 368 g/mol. The summed E-state index contributed by atoms with van der Waals surface area (Å²) in [5.74, 6) is -0.912. The lowest BCUT2D eigenvalue weighted by molar-refractivity contribution is 0.0893. The third-order valence-electron chi connectivity index (χ3n) is 5.12. The Morgan fingerprint density at radius 2 is 1.59 bits per heavy atom. The van der Waals surface area contributed by atoms with E-state index >= 15 is 0 Å². The minimum Gasteiger partial charge on any atom is -0.349 e. The Morgan fingerprint density at radius 1 is 1.00 bits per heavy atom. The minimum atomic E-state index is -0.398. The molecule has 27 heavy (non-hydrogen) atoms. The molecule has 2 aromatic rings. The summed E-state index contributed by atoms with van der Waals surface area (Å²) in [4.78, 5) is 28.0. The summed E-state index contributed by atoms with van der Waals surface area (Å²) >= 11 is 0. The maximum atomic E-state index is 13.1. The van der Waals surface area contributed by atoms with Crippen molar-refractivity contribution in [3.05, 3.63) is 71.0 Å². The van der Waals surface area contributed by atoms with Crippen molar-refractivity contribution in [2.45, 2.75) is 38.8 Å². The molecule has 5 heteroatoms. The van der Waals surface area contributed by atoms with Crippen LogP contribution in [0.2, 0.25) is 0 Å². The largest absolute Gasteiger partial charge is 0.349 e. The highest BCUT2D eigenvalue weighted by Gasteiger charge is 2.24. The molecule has 0 bridgehead atoms. The molecule has 0 aromatic heterocycles. The van der Waals surface area contributed by atoms with Crippen molar-refractivity contribution in [1.82, 2.24) is 10.2 Å². The van der Waals surface area contributed by atoms with Crippen LogP contribution in [0.25, 0.3) is 0 Å². The number of hydrogen-bond donors (Lipinski definition) is 1. The van der Waals surface area contributed by atoms with Crippen molar-refractivity contribution in [2.24, 2.45) is 0 Å². The summed E-state index contributed by atoms with van der Waals surface area (Å²) in [6, 6.07) is 12.8. The topological polar surface area (TPSA) is 49.4 Å². The van der Waals surface area contributed by atoms with E-state index < -0.39 is 5.82 Å². The first-order chi connectivity index (χ1) is 13.0. The molecule has 1 aliphatic rings. The number of halogens is 1. The van der Waals surface area contributed by atoms with Gasteiger partial charge in [-0.2, -0.15) is 0 Å². The number of amides is 1. The highest BCUT2D eigenvalue weighted by Crippen LogP contribution is 2.18. The second kappa shape index (κ2) is 8.44. The molecule has 1 N–H and O–H groups in total. The van der Waals surface area contributed by atoms with Crippen LogP contribution in [0, 0.1) is 5.82 Å². The fourth-order valence-electron chi connectivity index (χ4n) is 3.46. The van der Waals surface area contributed by atoms with Crippen molar-refractivity contribution in [2.75, 3.05) is 13.1 Å². The first kappa shape index (κ1) is 19.2. The van der Waals surface area contributed by atoms with E-state index in [0.717, 1.165) is 25.9 Å². The third-order valence-corrected chi connectivity index (χ3v) is 5.12. The zero-order chi connectivity index (χ0) is 19.4. The Balaban J connectivity index is 1.73. The van der Waals surface area contributed by atoms with Crippen LogP contribution in [0.4, 0.5) is 4.39 Å². The molecule has 4 nitrogen and oxygen atoms in total. The number of carbonyl (C=O) groups is 2. The lowest BCUT2D eigenvalue weighted by atomic mass is 9.97. The predicted octanol–water partition coefficient (Wildman–Crippen LogP) is 3.66. The molecule has 3 rings (SSSR count). The van der Waals surface area contributed by atoms with Gasteiger partial charge in [0.15, 0.2) is 5.78 Å². The molecule has 0 atom stereocenters. The molecule has 142 valence electrons. The van der Waals surface area contributed by atoms with Crippen molar-refractivity contribution in [3.63, 3.8) is 0 Å². The highest BCUT2D eigenvalue weighted by molar-refractivity contribution is 6.15. The lowest BCUT2D eigenvalue weighted by Crippen LogP contribution is -2.46. The van der Waals surface area contributed by atoms with Gasteiger partial charge in [-0.15, -0.1) is 0 Å². The molecule has 0 radical (unpaired) electrons. The van der Waals surface area contributed by atoms with E-state index in [1.165, 1.54) is 24.3 Å². The van der Waals surface area contributed by atoms with Crippen molar-refractivity contribution in [1.29, 1.82) is 0 Å². The molecule has 0 spiro atoms. The van der Waals surface area contributed by atoms with E-state index in [1.807, 2.05) is 0 Å². The first-order valence-corrected chi connectivity index (χ1v) is 9.40. The van der Waals surface area contributed by atoms with Crippen molar-refractivity contribution in [3.8, 4) is 0 Å². The molecule has 0 unspecified atom stereocenters. The normalized spacial score (nSPS) is 15.7. The first-order valence-electron chi connectivity index (χ1n) is 9.40. The number of likely N-dealkylation sites (tertiary alicyclic amines) is 1. The van der Waals surface area contributed by atoms with Crippen molar-refractivity contribution < 1.29 is 14.0 Å². The van der Waals surface area contributed by atoms with E-state index in [1.54, 1.807) is 24.3 Å². The molecule has 0 saturated carbocycles. The highest BCUT2D eigenvalue weighted by atomic mass is 19.1. The number of hydrogen-bond acceptors (Lipinski definition) is 3. The van der Waals surface area contributed by atoms with Crippen LogP contribution in [0.5, 0.6) is 0 Å². The van der Waals surface area contributed by atoms with Crippen LogP contribution in [0.3, 0.4) is 0 Å². The summed E-state index contributed by atoms with van der Waals surface area (Å²) in [7, 11) is 0. The maximum Gasteiger partial charge on any atom is 0.252 e. The summed E-state index contributed by atoms with van der Waals surface area (Å²) in [6.45, 7) is 6.27. The van der Waals surface area contributed by atoms with E-state index in [0.29, 0.717) is 22.7 Å². The van der Waals surface area contributed by atoms with E-state index in [2.05, 4.69) is 24.1 Å². The van der Waals surface area contributed by atoms with Crippen LogP contribution in [0.15, 0.2) is 48.5 Å². The van der Waals surface area contributed by atoms with Crippen LogP contribution in [0.1, 0.15) is 53.0 Å². The second-order valence-electron chi connectivity index (χ2n) is 7.26. The lowest BCUT2D eigenvalue weighted by Gasteiger charge is -2.34. The summed E-state index contributed by atoms with van der Waals surface area (Å²) in [5.41, 5.74) is 1.06. The van der Waals surface area contributed by atoms with Gasteiger partial charge in [-0.3, -0.25) is 9.59 Å². The van der Waals surface area contributed by atoms with Gasteiger partial charge in [0.2, 0.25) is 0 Å². The second-order valence-corrected chi connectivity index (χ2v) is 7.26. The Hall–Kier alpha value is -2.53. The van der Waals surface area contributed by atoms with Gasteiger partial charge in [0.25, 0.3) is 5.91 Å². The average Bonchev–Trinajstić information content (AvgIpc) is 2.68. The molecule has 1 aliphatic heterocycles. The molecular weight excluding hydrogens is 343 g/mol. The van der Waals surface area contributed by atoms with Crippen LogP contribution < -0.4 is 5.32 Å².